The number of amides is 1. The van der Waals surface area contributed by atoms with Crippen molar-refractivity contribution in [1.29, 1.82) is 0 Å². The Hall–Kier alpha value is -3.55. The van der Waals surface area contributed by atoms with Gasteiger partial charge in [0.25, 0.3) is 5.91 Å². The monoisotopic (exact) mass is 382 g/mol. The third-order valence-electron chi connectivity index (χ3n) is 4.54. The van der Waals surface area contributed by atoms with Gasteiger partial charge >= 0.3 is 5.69 Å². The van der Waals surface area contributed by atoms with Crippen molar-refractivity contribution in [1.82, 2.24) is 9.78 Å². The number of nitro groups is 1. The van der Waals surface area contributed by atoms with Crippen LogP contribution in [0.4, 0.5) is 15.8 Å². The van der Waals surface area contributed by atoms with Crippen molar-refractivity contribution in [3.63, 3.8) is 0 Å². The second-order valence-corrected chi connectivity index (χ2v) is 6.50. The fraction of sp³-hybridized carbons (Fsp3) is 0.200. The molecular formula is C20H19FN4O3. The normalized spacial score (nSPS) is 10.7. The summed E-state index contributed by atoms with van der Waals surface area (Å²) in [4.78, 5) is 23.5. The highest BCUT2D eigenvalue weighted by molar-refractivity contribution is 6.05. The number of nitrogens with one attached hydrogen (secondary N) is 1. The Kier molecular flexibility index (Phi) is 5.21. The molecule has 0 fully saturated rings. The highest BCUT2D eigenvalue weighted by Crippen LogP contribution is 2.24. The molecule has 0 saturated heterocycles. The van der Waals surface area contributed by atoms with E-state index in [2.05, 4.69) is 10.4 Å². The molecule has 144 valence electrons. The van der Waals surface area contributed by atoms with Crippen LogP contribution >= 0.6 is 0 Å². The zero-order chi connectivity index (χ0) is 20.4. The van der Waals surface area contributed by atoms with E-state index in [4.69, 9.17) is 0 Å². The Morgan fingerprint density at radius 1 is 1.21 bits per heavy atom. The lowest BCUT2D eigenvalue weighted by Crippen LogP contribution is -2.17. The molecule has 1 N–H and O–H groups in total. The van der Waals surface area contributed by atoms with Gasteiger partial charge in [0.05, 0.1) is 11.5 Å². The van der Waals surface area contributed by atoms with Gasteiger partial charge in [-0.25, -0.2) is 4.39 Å². The van der Waals surface area contributed by atoms with Crippen LogP contribution in [-0.2, 0) is 6.54 Å². The Bertz CT molecular complexity index is 1080. The second kappa shape index (κ2) is 7.59. The minimum absolute atomic E-state index is 0.0242. The maximum absolute atomic E-state index is 13.3. The van der Waals surface area contributed by atoms with Crippen molar-refractivity contribution in [3.05, 3.63) is 86.5 Å². The molecule has 0 aliphatic carbocycles. The van der Waals surface area contributed by atoms with Crippen LogP contribution in [0.3, 0.4) is 0 Å². The number of aromatic nitrogens is 2. The summed E-state index contributed by atoms with van der Waals surface area (Å²) in [5.74, 6) is -0.719. The Balaban J connectivity index is 1.90. The quantitative estimate of drug-likeness (QED) is 0.530. The van der Waals surface area contributed by atoms with Crippen molar-refractivity contribution in [3.8, 4) is 0 Å². The van der Waals surface area contributed by atoms with Crippen LogP contribution in [-0.4, -0.2) is 20.6 Å². The first kappa shape index (κ1) is 19.2. The number of carbonyl (C=O) groups is 1. The van der Waals surface area contributed by atoms with E-state index in [-0.39, 0.29) is 24.0 Å². The number of rotatable bonds is 5. The summed E-state index contributed by atoms with van der Waals surface area (Å²) in [6, 6.07) is 11.1. The van der Waals surface area contributed by atoms with E-state index in [1.54, 1.807) is 45.0 Å². The van der Waals surface area contributed by atoms with E-state index in [0.29, 0.717) is 33.8 Å². The molecule has 0 saturated carbocycles. The average Bonchev–Trinajstić information content (AvgIpc) is 2.91. The lowest BCUT2D eigenvalue weighted by Gasteiger charge is -2.12. The van der Waals surface area contributed by atoms with Crippen LogP contribution in [0.1, 0.15) is 32.9 Å². The van der Waals surface area contributed by atoms with Crippen molar-refractivity contribution in [2.75, 3.05) is 5.32 Å². The van der Waals surface area contributed by atoms with Crippen LogP contribution in [0.15, 0.2) is 42.5 Å². The number of halogens is 1. The van der Waals surface area contributed by atoms with Gasteiger partial charge in [-0.05, 0) is 56.2 Å². The summed E-state index contributed by atoms with van der Waals surface area (Å²) in [5.41, 5.74) is 2.94. The molecule has 0 unspecified atom stereocenters. The van der Waals surface area contributed by atoms with E-state index in [1.807, 2.05) is 0 Å². The van der Waals surface area contributed by atoms with Crippen molar-refractivity contribution in [2.24, 2.45) is 0 Å². The average molecular weight is 382 g/mol. The summed E-state index contributed by atoms with van der Waals surface area (Å²) in [5, 5.41) is 18.2. The van der Waals surface area contributed by atoms with Gasteiger partial charge < -0.3 is 5.32 Å². The minimum atomic E-state index is -0.454. The molecule has 7 nitrogen and oxygen atoms in total. The maximum atomic E-state index is 13.3. The number of hydrogen-bond acceptors (Lipinski definition) is 4. The summed E-state index contributed by atoms with van der Waals surface area (Å²) in [7, 11) is 0. The second-order valence-electron chi connectivity index (χ2n) is 6.50. The summed E-state index contributed by atoms with van der Waals surface area (Å²) >= 11 is 0. The van der Waals surface area contributed by atoms with E-state index in [0.717, 1.165) is 0 Å². The molecule has 3 rings (SSSR count). The molecule has 28 heavy (non-hydrogen) atoms. The topological polar surface area (TPSA) is 90.1 Å². The Morgan fingerprint density at radius 3 is 2.57 bits per heavy atom. The fourth-order valence-corrected chi connectivity index (χ4v) is 3.10. The highest BCUT2D eigenvalue weighted by Gasteiger charge is 2.22. The molecule has 2 aromatic carbocycles. The van der Waals surface area contributed by atoms with Crippen molar-refractivity contribution in [2.45, 2.75) is 27.3 Å². The SMILES string of the molecule is Cc1cc(F)ccc1NC(=O)c1ccccc1Cn1nc(C)c([N+](=O)[O-])c1C. The first-order chi connectivity index (χ1) is 13.3. The van der Waals surface area contributed by atoms with E-state index >= 15 is 0 Å². The first-order valence-electron chi connectivity index (χ1n) is 8.61. The smallest absolute Gasteiger partial charge is 0.312 e. The molecule has 0 aliphatic rings. The minimum Gasteiger partial charge on any atom is -0.322 e. The number of hydrogen-bond donors (Lipinski definition) is 1. The number of benzene rings is 2. The van der Waals surface area contributed by atoms with Crippen LogP contribution in [0, 0.1) is 36.7 Å². The van der Waals surface area contributed by atoms with Crippen LogP contribution in [0.5, 0.6) is 0 Å². The van der Waals surface area contributed by atoms with Gasteiger partial charge in [0.15, 0.2) is 0 Å². The fourth-order valence-electron chi connectivity index (χ4n) is 3.10. The maximum Gasteiger partial charge on any atom is 0.312 e. The zero-order valence-electron chi connectivity index (χ0n) is 15.7. The summed E-state index contributed by atoms with van der Waals surface area (Å²) < 4.78 is 14.8. The van der Waals surface area contributed by atoms with Gasteiger partial charge in [-0.2, -0.15) is 5.10 Å². The van der Waals surface area contributed by atoms with Crippen molar-refractivity contribution < 1.29 is 14.1 Å². The van der Waals surface area contributed by atoms with Gasteiger partial charge in [0, 0.05) is 11.3 Å². The Labute approximate surface area is 161 Å². The van der Waals surface area contributed by atoms with E-state index < -0.39 is 4.92 Å². The highest BCUT2D eigenvalue weighted by atomic mass is 19.1. The van der Waals surface area contributed by atoms with Crippen LogP contribution < -0.4 is 5.32 Å². The third-order valence-corrected chi connectivity index (χ3v) is 4.54. The van der Waals surface area contributed by atoms with Crippen LogP contribution in [0.2, 0.25) is 0 Å². The Morgan fingerprint density at radius 2 is 1.93 bits per heavy atom. The molecule has 0 radical (unpaired) electrons. The summed E-state index contributed by atoms with van der Waals surface area (Å²) in [6.07, 6.45) is 0. The molecule has 1 amide bonds. The molecular weight excluding hydrogens is 363 g/mol. The van der Waals surface area contributed by atoms with Gasteiger partial charge in [0.1, 0.15) is 17.2 Å². The predicted octanol–water partition coefficient (Wildman–Crippen LogP) is 4.16. The van der Waals surface area contributed by atoms with Crippen LogP contribution in [0.25, 0.3) is 0 Å². The molecule has 1 aromatic heterocycles. The van der Waals surface area contributed by atoms with Gasteiger partial charge in [0.2, 0.25) is 0 Å². The molecule has 3 aromatic rings. The molecule has 1 heterocycles. The zero-order valence-corrected chi connectivity index (χ0v) is 15.7. The summed E-state index contributed by atoms with van der Waals surface area (Å²) in [6.45, 7) is 5.13. The standard InChI is InChI=1S/C20H19FN4O3/c1-12-10-16(21)8-9-18(12)22-20(26)17-7-5-4-6-15(17)11-24-14(3)19(25(27)28)13(2)23-24/h4-10H,11H2,1-3H3,(H,22,26). The van der Waals surface area contributed by atoms with Crippen molar-refractivity contribution >= 4 is 17.3 Å². The first-order valence-corrected chi connectivity index (χ1v) is 8.61. The number of anilines is 1. The molecule has 0 aliphatic heterocycles. The van der Waals surface area contributed by atoms with Gasteiger partial charge in [-0.15, -0.1) is 0 Å². The lowest BCUT2D eigenvalue weighted by atomic mass is 10.1. The lowest BCUT2D eigenvalue weighted by molar-refractivity contribution is -0.386. The van der Waals surface area contributed by atoms with E-state index in [9.17, 15) is 19.3 Å². The molecule has 8 heteroatoms. The number of nitrogens with zero attached hydrogens (tertiary/aromatic N) is 3. The predicted molar refractivity (Wildman–Crippen MR) is 103 cm³/mol. The van der Waals surface area contributed by atoms with E-state index in [1.165, 1.54) is 22.9 Å². The largest absolute Gasteiger partial charge is 0.322 e. The molecule has 0 atom stereocenters. The molecule has 0 spiro atoms. The van der Waals surface area contributed by atoms with Gasteiger partial charge in [-0.3, -0.25) is 19.6 Å². The molecule has 0 bridgehead atoms. The number of carbonyl (C=O) groups excluding carboxylic acids is 1. The third kappa shape index (κ3) is 3.75. The number of aryl methyl sites for hydroxylation is 2. The van der Waals surface area contributed by atoms with Gasteiger partial charge in [-0.1, -0.05) is 18.2 Å².